The number of nitrogens with zero attached hydrogens (tertiary/aromatic N) is 2. The molecule has 96 valence electrons. The first-order chi connectivity index (χ1) is 8.30. The first-order valence-electron chi connectivity index (χ1n) is 5.60. The van der Waals surface area contributed by atoms with Crippen molar-refractivity contribution >= 4 is 11.6 Å². The molecule has 0 spiro atoms. The predicted octanol–water partition coefficient (Wildman–Crippen LogP) is 3.17. The van der Waals surface area contributed by atoms with E-state index >= 15 is 0 Å². The van der Waals surface area contributed by atoms with Gasteiger partial charge in [0.15, 0.2) is 0 Å². The van der Waals surface area contributed by atoms with E-state index in [1.54, 1.807) is 23.0 Å². The lowest BCUT2D eigenvalue weighted by atomic mass is 9.97. The maximum absolute atomic E-state index is 13.1. The minimum atomic E-state index is -0.466. The van der Waals surface area contributed by atoms with Gasteiger partial charge in [-0.3, -0.25) is 0 Å². The molecule has 1 aromatic heterocycles. The molecule has 0 fully saturated rings. The number of benzene rings is 1. The molecular formula is C13H15ClFN3. The van der Waals surface area contributed by atoms with Crippen LogP contribution in [-0.2, 0) is 5.54 Å². The van der Waals surface area contributed by atoms with Crippen LogP contribution in [0.4, 0.5) is 4.39 Å². The van der Waals surface area contributed by atoms with E-state index in [-0.39, 0.29) is 5.02 Å². The SMILES string of the molecule is Cc1c(C(C)(C)N)cnn1-c1ccc(F)c(Cl)c1. The molecule has 2 N–H and O–H groups in total. The van der Waals surface area contributed by atoms with Gasteiger partial charge in [0.05, 0.1) is 16.9 Å². The first-order valence-corrected chi connectivity index (χ1v) is 5.98. The maximum Gasteiger partial charge on any atom is 0.141 e. The van der Waals surface area contributed by atoms with Gasteiger partial charge in [-0.1, -0.05) is 11.6 Å². The molecule has 18 heavy (non-hydrogen) atoms. The van der Waals surface area contributed by atoms with Gasteiger partial charge in [-0.05, 0) is 39.0 Å². The van der Waals surface area contributed by atoms with Gasteiger partial charge in [0.2, 0.25) is 0 Å². The van der Waals surface area contributed by atoms with E-state index in [2.05, 4.69) is 5.10 Å². The molecule has 2 aromatic rings. The zero-order valence-corrected chi connectivity index (χ0v) is 11.3. The van der Waals surface area contributed by atoms with E-state index in [0.717, 1.165) is 16.9 Å². The Balaban J connectivity index is 2.52. The van der Waals surface area contributed by atoms with Crippen LogP contribution < -0.4 is 5.73 Å². The van der Waals surface area contributed by atoms with Crippen LogP contribution in [0.3, 0.4) is 0 Å². The lowest BCUT2D eigenvalue weighted by molar-refractivity contribution is 0.550. The Morgan fingerprint density at radius 2 is 2.06 bits per heavy atom. The number of hydrogen-bond acceptors (Lipinski definition) is 2. The second-order valence-corrected chi connectivity index (χ2v) is 5.28. The second-order valence-electron chi connectivity index (χ2n) is 4.88. The number of rotatable bonds is 2. The van der Waals surface area contributed by atoms with Crippen LogP contribution in [0, 0.1) is 12.7 Å². The van der Waals surface area contributed by atoms with Crippen LogP contribution in [0.1, 0.15) is 25.1 Å². The van der Waals surface area contributed by atoms with Crippen LogP contribution in [0.15, 0.2) is 24.4 Å². The van der Waals surface area contributed by atoms with Gasteiger partial charge >= 0.3 is 0 Å². The van der Waals surface area contributed by atoms with E-state index < -0.39 is 11.4 Å². The smallest absolute Gasteiger partial charge is 0.141 e. The molecule has 0 bridgehead atoms. The summed E-state index contributed by atoms with van der Waals surface area (Å²) in [5.74, 6) is -0.440. The van der Waals surface area contributed by atoms with Gasteiger partial charge in [-0.2, -0.15) is 5.10 Å². The summed E-state index contributed by atoms with van der Waals surface area (Å²) in [6.45, 7) is 5.76. The third-order valence-corrected chi connectivity index (χ3v) is 3.14. The number of aromatic nitrogens is 2. The Labute approximate surface area is 110 Å². The highest BCUT2D eigenvalue weighted by Gasteiger charge is 2.21. The van der Waals surface area contributed by atoms with Crippen molar-refractivity contribution < 1.29 is 4.39 Å². The maximum atomic E-state index is 13.1. The second kappa shape index (κ2) is 4.37. The summed E-state index contributed by atoms with van der Waals surface area (Å²) in [5, 5.41) is 4.36. The molecule has 3 nitrogen and oxygen atoms in total. The fourth-order valence-electron chi connectivity index (χ4n) is 1.92. The number of nitrogens with two attached hydrogens (primary N) is 1. The number of halogens is 2. The van der Waals surface area contributed by atoms with Gasteiger partial charge in [0, 0.05) is 16.8 Å². The molecule has 1 heterocycles. The minimum Gasteiger partial charge on any atom is -0.322 e. The normalized spacial score (nSPS) is 11.9. The van der Waals surface area contributed by atoms with Crippen molar-refractivity contribution in [3.63, 3.8) is 0 Å². The molecule has 0 saturated heterocycles. The molecule has 1 aromatic carbocycles. The average Bonchev–Trinajstić information content (AvgIpc) is 2.64. The third kappa shape index (κ3) is 2.26. The van der Waals surface area contributed by atoms with E-state index in [0.29, 0.717) is 0 Å². The molecular weight excluding hydrogens is 253 g/mol. The molecule has 0 atom stereocenters. The Morgan fingerprint density at radius 3 is 2.56 bits per heavy atom. The van der Waals surface area contributed by atoms with Crippen LogP contribution in [0.2, 0.25) is 5.02 Å². The highest BCUT2D eigenvalue weighted by Crippen LogP contribution is 2.24. The molecule has 0 radical (unpaired) electrons. The molecule has 0 amide bonds. The Kier molecular flexibility index (Phi) is 3.17. The summed E-state index contributed by atoms with van der Waals surface area (Å²) in [6.07, 6.45) is 1.73. The van der Waals surface area contributed by atoms with Crippen molar-refractivity contribution in [2.75, 3.05) is 0 Å². The summed E-state index contributed by atoms with van der Waals surface area (Å²) in [5.41, 5.74) is 8.18. The van der Waals surface area contributed by atoms with E-state index in [4.69, 9.17) is 17.3 Å². The average molecular weight is 268 g/mol. The van der Waals surface area contributed by atoms with Gasteiger partial charge in [-0.25, -0.2) is 9.07 Å². The Hall–Kier alpha value is -1.39. The van der Waals surface area contributed by atoms with Crippen molar-refractivity contribution in [2.24, 2.45) is 5.73 Å². The zero-order chi connectivity index (χ0) is 13.5. The summed E-state index contributed by atoms with van der Waals surface area (Å²) >= 11 is 5.77. The predicted molar refractivity (Wildman–Crippen MR) is 70.5 cm³/mol. The third-order valence-electron chi connectivity index (χ3n) is 2.85. The Bertz CT molecular complexity index is 584. The van der Waals surface area contributed by atoms with Crippen LogP contribution in [0.5, 0.6) is 0 Å². The lowest BCUT2D eigenvalue weighted by Gasteiger charge is -2.18. The minimum absolute atomic E-state index is 0.0796. The summed E-state index contributed by atoms with van der Waals surface area (Å²) < 4.78 is 14.8. The summed E-state index contributed by atoms with van der Waals surface area (Å²) in [4.78, 5) is 0. The molecule has 0 saturated carbocycles. The van der Waals surface area contributed by atoms with Crippen molar-refractivity contribution in [2.45, 2.75) is 26.3 Å². The van der Waals surface area contributed by atoms with Crippen molar-refractivity contribution in [1.29, 1.82) is 0 Å². The van der Waals surface area contributed by atoms with Crippen molar-refractivity contribution in [3.8, 4) is 5.69 Å². The highest BCUT2D eigenvalue weighted by atomic mass is 35.5. The zero-order valence-electron chi connectivity index (χ0n) is 10.5. The van der Waals surface area contributed by atoms with Crippen LogP contribution >= 0.6 is 11.6 Å². The van der Waals surface area contributed by atoms with Gasteiger partial charge in [0.25, 0.3) is 0 Å². The fourth-order valence-corrected chi connectivity index (χ4v) is 2.09. The molecule has 0 aliphatic heterocycles. The van der Waals surface area contributed by atoms with Crippen LogP contribution in [0.25, 0.3) is 5.69 Å². The van der Waals surface area contributed by atoms with Crippen molar-refractivity contribution in [3.05, 3.63) is 46.5 Å². The largest absolute Gasteiger partial charge is 0.322 e. The standard InChI is InChI=1S/C13H15ClFN3/c1-8-10(13(2,3)16)7-17-18(8)9-4-5-12(15)11(14)6-9/h4-7H,16H2,1-3H3. The van der Waals surface area contributed by atoms with Gasteiger partial charge in [0.1, 0.15) is 5.82 Å². The lowest BCUT2D eigenvalue weighted by Crippen LogP contribution is -2.29. The molecule has 2 rings (SSSR count). The van der Waals surface area contributed by atoms with Gasteiger partial charge in [-0.15, -0.1) is 0 Å². The summed E-state index contributed by atoms with van der Waals surface area (Å²) in [7, 11) is 0. The quantitative estimate of drug-likeness (QED) is 0.908. The fraction of sp³-hybridized carbons (Fsp3) is 0.308. The molecule has 0 aliphatic rings. The Morgan fingerprint density at radius 1 is 1.39 bits per heavy atom. The van der Waals surface area contributed by atoms with E-state index in [1.807, 2.05) is 20.8 Å². The first kappa shape index (κ1) is 13.1. The van der Waals surface area contributed by atoms with Crippen molar-refractivity contribution in [1.82, 2.24) is 9.78 Å². The highest BCUT2D eigenvalue weighted by molar-refractivity contribution is 6.30. The molecule has 0 unspecified atom stereocenters. The van der Waals surface area contributed by atoms with E-state index in [9.17, 15) is 4.39 Å². The van der Waals surface area contributed by atoms with Crippen LogP contribution in [-0.4, -0.2) is 9.78 Å². The molecule has 5 heteroatoms. The monoisotopic (exact) mass is 267 g/mol. The van der Waals surface area contributed by atoms with Gasteiger partial charge < -0.3 is 5.73 Å². The number of hydrogen-bond donors (Lipinski definition) is 1. The topological polar surface area (TPSA) is 43.8 Å². The summed E-state index contributed by atoms with van der Waals surface area (Å²) in [6, 6.07) is 4.50. The van der Waals surface area contributed by atoms with E-state index in [1.165, 1.54) is 6.07 Å². The molecule has 0 aliphatic carbocycles.